The number of hydrogen-bond acceptors (Lipinski definition) is 4. The van der Waals surface area contributed by atoms with Crippen molar-refractivity contribution in [3.63, 3.8) is 0 Å². The summed E-state index contributed by atoms with van der Waals surface area (Å²) in [4.78, 5) is 26.4. The number of aryl methyl sites for hydroxylation is 1. The van der Waals surface area contributed by atoms with E-state index < -0.39 is 5.41 Å². The van der Waals surface area contributed by atoms with Gasteiger partial charge in [0, 0.05) is 57.7 Å². The second-order valence-corrected chi connectivity index (χ2v) is 7.72. The molecule has 136 valence electrons. The summed E-state index contributed by atoms with van der Waals surface area (Å²) in [5, 5.41) is 14.1. The summed E-state index contributed by atoms with van der Waals surface area (Å²) in [5.41, 5.74) is 3.28. The van der Waals surface area contributed by atoms with Gasteiger partial charge in [-0.15, -0.1) is 0 Å². The van der Waals surface area contributed by atoms with E-state index in [0.29, 0.717) is 26.2 Å². The maximum Gasteiger partial charge on any atom is 0.229 e. The first-order valence-corrected chi connectivity index (χ1v) is 9.40. The number of hydrogen-bond donors (Lipinski definition) is 3. The number of nitrogens with zero attached hydrogens (tertiary/aromatic N) is 2. The molecule has 0 radical (unpaired) electrons. The Labute approximate surface area is 147 Å². The lowest BCUT2D eigenvalue weighted by Crippen LogP contribution is -2.48. The van der Waals surface area contributed by atoms with Crippen molar-refractivity contribution in [1.82, 2.24) is 25.7 Å². The normalized spacial score (nSPS) is 27.9. The molecule has 1 aromatic heterocycles. The van der Waals surface area contributed by atoms with E-state index in [4.69, 9.17) is 0 Å². The van der Waals surface area contributed by atoms with Gasteiger partial charge in [0.05, 0.1) is 11.1 Å². The minimum Gasteiger partial charge on any atom is -0.355 e. The van der Waals surface area contributed by atoms with Gasteiger partial charge in [0.15, 0.2) is 0 Å². The molecular formula is C18H27N5O2. The van der Waals surface area contributed by atoms with Crippen LogP contribution in [0.1, 0.15) is 36.7 Å². The highest BCUT2D eigenvalue weighted by Crippen LogP contribution is 2.39. The molecule has 3 aliphatic rings. The predicted molar refractivity (Wildman–Crippen MR) is 93.0 cm³/mol. The highest BCUT2D eigenvalue weighted by atomic mass is 16.2. The van der Waals surface area contributed by atoms with Crippen molar-refractivity contribution in [2.24, 2.45) is 11.3 Å². The first-order valence-electron chi connectivity index (χ1n) is 9.40. The van der Waals surface area contributed by atoms with Crippen molar-refractivity contribution in [3.8, 4) is 0 Å². The SMILES string of the molecule is CC(=O)N1C[C@H]2CNC[C@@]2(C(=O)NCCc2n[nH]c3c2CCCC3)C1. The fourth-order valence-electron chi connectivity index (χ4n) is 4.71. The minimum atomic E-state index is -0.462. The molecule has 0 aromatic carbocycles. The molecule has 2 saturated heterocycles. The molecule has 25 heavy (non-hydrogen) atoms. The molecule has 1 aromatic rings. The van der Waals surface area contributed by atoms with E-state index in [1.165, 1.54) is 24.1 Å². The predicted octanol–water partition coefficient (Wildman–Crippen LogP) is 0.0151. The van der Waals surface area contributed by atoms with Gasteiger partial charge in [0.2, 0.25) is 11.8 Å². The van der Waals surface area contributed by atoms with Crippen molar-refractivity contribution >= 4 is 11.8 Å². The van der Waals surface area contributed by atoms with Gasteiger partial charge in [0.25, 0.3) is 0 Å². The molecule has 0 unspecified atom stereocenters. The molecule has 0 bridgehead atoms. The maximum atomic E-state index is 12.9. The lowest BCUT2D eigenvalue weighted by molar-refractivity contribution is -0.132. The number of fused-ring (bicyclic) bond motifs is 2. The average Bonchev–Trinajstić information content (AvgIpc) is 3.27. The van der Waals surface area contributed by atoms with Gasteiger partial charge in [-0.3, -0.25) is 14.7 Å². The Bertz CT molecular complexity index is 685. The van der Waals surface area contributed by atoms with Gasteiger partial charge >= 0.3 is 0 Å². The van der Waals surface area contributed by atoms with Gasteiger partial charge in [-0.1, -0.05) is 0 Å². The van der Waals surface area contributed by atoms with Crippen LogP contribution < -0.4 is 10.6 Å². The van der Waals surface area contributed by atoms with Crippen molar-refractivity contribution < 1.29 is 9.59 Å². The molecular weight excluding hydrogens is 318 g/mol. The monoisotopic (exact) mass is 345 g/mol. The van der Waals surface area contributed by atoms with Crippen LogP contribution in [0.15, 0.2) is 0 Å². The van der Waals surface area contributed by atoms with Crippen LogP contribution in [-0.2, 0) is 28.9 Å². The van der Waals surface area contributed by atoms with Crippen LogP contribution in [0.4, 0.5) is 0 Å². The van der Waals surface area contributed by atoms with Crippen molar-refractivity contribution in [3.05, 3.63) is 17.0 Å². The van der Waals surface area contributed by atoms with E-state index in [1.54, 1.807) is 6.92 Å². The molecule has 1 aliphatic carbocycles. The molecule has 0 spiro atoms. The summed E-state index contributed by atoms with van der Waals surface area (Å²) in [6.45, 7) is 4.87. The third-order valence-electron chi connectivity index (χ3n) is 6.21. The second kappa shape index (κ2) is 6.44. The van der Waals surface area contributed by atoms with E-state index in [2.05, 4.69) is 20.8 Å². The number of aromatic nitrogens is 2. The zero-order valence-corrected chi connectivity index (χ0v) is 14.9. The molecule has 0 saturated carbocycles. The third kappa shape index (κ3) is 2.84. The van der Waals surface area contributed by atoms with Crippen molar-refractivity contribution in [2.75, 3.05) is 32.7 Å². The van der Waals surface area contributed by atoms with E-state index in [1.807, 2.05) is 4.90 Å². The number of amides is 2. The van der Waals surface area contributed by atoms with Gasteiger partial charge in [-0.25, -0.2) is 0 Å². The molecule has 4 rings (SSSR count). The average molecular weight is 345 g/mol. The van der Waals surface area contributed by atoms with Gasteiger partial charge in [-0.2, -0.15) is 5.10 Å². The van der Waals surface area contributed by atoms with Crippen LogP contribution in [0.5, 0.6) is 0 Å². The Balaban J connectivity index is 1.37. The lowest BCUT2D eigenvalue weighted by atomic mass is 9.80. The number of rotatable bonds is 4. The van der Waals surface area contributed by atoms with Crippen LogP contribution in [0.3, 0.4) is 0 Å². The molecule has 3 heterocycles. The van der Waals surface area contributed by atoms with Crippen LogP contribution in [0.25, 0.3) is 0 Å². The second-order valence-electron chi connectivity index (χ2n) is 7.72. The first-order chi connectivity index (χ1) is 12.1. The highest BCUT2D eigenvalue weighted by molar-refractivity contribution is 5.86. The van der Waals surface area contributed by atoms with E-state index in [0.717, 1.165) is 31.5 Å². The number of H-pyrrole nitrogens is 1. The molecule has 2 fully saturated rings. The molecule has 3 N–H and O–H groups in total. The number of carbonyl (C=O) groups is 2. The summed E-state index contributed by atoms with van der Waals surface area (Å²) >= 11 is 0. The lowest BCUT2D eigenvalue weighted by Gasteiger charge is -2.26. The fraction of sp³-hybridized carbons (Fsp3) is 0.722. The van der Waals surface area contributed by atoms with E-state index in [-0.39, 0.29) is 17.7 Å². The Morgan fingerprint density at radius 1 is 1.36 bits per heavy atom. The van der Waals surface area contributed by atoms with Crippen molar-refractivity contribution in [2.45, 2.75) is 39.0 Å². The summed E-state index contributed by atoms with van der Waals surface area (Å²) in [6, 6.07) is 0. The topological polar surface area (TPSA) is 90.1 Å². The zero-order chi connectivity index (χ0) is 17.4. The van der Waals surface area contributed by atoms with Crippen LogP contribution in [0.2, 0.25) is 0 Å². The summed E-state index contributed by atoms with van der Waals surface area (Å²) in [6.07, 6.45) is 5.41. The zero-order valence-electron chi connectivity index (χ0n) is 14.9. The molecule has 7 nitrogen and oxygen atoms in total. The molecule has 2 atom stereocenters. The quantitative estimate of drug-likeness (QED) is 0.717. The molecule has 7 heteroatoms. The summed E-state index contributed by atoms with van der Waals surface area (Å²) < 4.78 is 0. The third-order valence-corrected chi connectivity index (χ3v) is 6.21. The Morgan fingerprint density at radius 2 is 2.20 bits per heavy atom. The van der Waals surface area contributed by atoms with Crippen molar-refractivity contribution in [1.29, 1.82) is 0 Å². The van der Waals surface area contributed by atoms with E-state index >= 15 is 0 Å². The minimum absolute atomic E-state index is 0.0599. The number of likely N-dealkylation sites (tertiary alicyclic amines) is 1. The van der Waals surface area contributed by atoms with Crippen LogP contribution >= 0.6 is 0 Å². The van der Waals surface area contributed by atoms with E-state index in [9.17, 15) is 9.59 Å². The van der Waals surface area contributed by atoms with Gasteiger partial charge < -0.3 is 15.5 Å². The Kier molecular flexibility index (Phi) is 4.27. The molecule has 2 aliphatic heterocycles. The molecule has 2 amide bonds. The maximum absolute atomic E-state index is 12.9. The van der Waals surface area contributed by atoms with Crippen LogP contribution in [-0.4, -0.2) is 59.6 Å². The Hall–Kier alpha value is -1.89. The first kappa shape index (κ1) is 16.6. The van der Waals surface area contributed by atoms with Crippen LogP contribution in [0, 0.1) is 11.3 Å². The summed E-state index contributed by atoms with van der Waals surface area (Å²) in [5.74, 6) is 0.356. The Morgan fingerprint density at radius 3 is 3.04 bits per heavy atom. The number of aromatic amines is 1. The summed E-state index contributed by atoms with van der Waals surface area (Å²) in [7, 11) is 0. The van der Waals surface area contributed by atoms with Gasteiger partial charge in [0.1, 0.15) is 0 Å². The highest BCUT2D eigenvalue weighted by Gasteiger charge is 2.55. The smallest absolute Gasteiger partial charge is 0.229 e. The number of carbonyl (C=O) groups excluding carboxylic acids is 2. The van der Waals surface area contributed by atoms with Gasteiger partial charge in [-0.05, 0) is 31.2 Å². The standard InChI is InChI=1S/C18H27N5O2/c1-12(24)23-9-13-8-19-10-18(13,11-23)17(25)20-7-6-16-14-4-2-3-5-15(14)21-22-16/h13,19H,2-11H2,1H3,(H,20,25)(H,21,22)/t13-,18-/m1/s1. The largest absolute Gasteiger partial charge is 0.355 e. The number of nitrogens with one attached hydrogen (secondary N) is 3. The fourth-order valence-corrected chi connectivity index (χ4v) is 4.71.